The zero-order valence-electron chi connectivity index (χ0n) is 12.7. The fourth-order valence-corrected chi connectivity index (χ4v) is 2.82. The van der Waals surface area contributed by atoms with Crippen LogP contribution in [0.1, 0.15) is 6.92 Å². The third-order valence-corrected chi connectivity index (χ3v) is 4.10. The Bertz CT molecular complexity index is 856. The van der Waals surface area contributed by atoms with Crippen LogP contribution in [0.25, 0.3) is 11.3 Å². The Balaban J connectivity index is 2.46. The van der Waals surface area contributed by atoms with E-state index < -0.39 is 18.5 Å². The number of benzene rings is 1. The number of alkyl halides is 2. The summed E-state index contributed by atoms with van der Waals surface area (Å²) in [6.07, 6.45) is -2.67. The fourth-order valence-electron chi connectivity index (χ4n) is 2.09. The van der Waals surface area contributed by atoms with Gasteiger partial charge in [0.1, 0.15) is 17.4 Å². The Kier molecular flexibility index (Phi) is 6.41. The van der Waals surface area contributed by atoms with Crippen molar-refractivity contribution in [2.75, 3.05) is 6.61 Å². The molecule has 1 aromatic heterocycles. The molecule has 0 saturated carbocycles. The number of aromatic nitrogens is 1. The molecule has 2 rings (SSSR count). The van der Waals surface area contributed by atoms with Gasteiger partial charge in [-0.25, -0.2) is 8.78 Å². The molecule has 1 aromatic carbocycles. The summed E-state index contributed by atoms with van der Waals surface area (Å²) < 4.78 is 32.7. The molecule has 1 heterocycles. The van der Waals surface area contributed by atoms with Gasteiger partial charge in [0, 0.05) is 10.0 Å². The van der Waals surface area contributed by atoms with Crippen molar-refractivity contribution in [2.24, 2.45) is 0 Å². The van der Waals surface area contributed by atoms with Crippen molar-refractivity contribution in [1.82, 2.24) is 4.57 Å². The average molecular weight is 417 g/mol. The van der Waals surface area contributed by atoms with Crippen molar-refractivity contribution < 1.29 is 13.5 Å². The molecule has 7 heteroatoms. The highest BCUT2D eigenvalue weighted by molar-refractivity contribution is 9.10. The van der Waals surface area contributed by atoms with Crippen LogP contribution in [0.4, 0.5) is 8.78 Å². The normalized spacial score (nSPS) is 10.4. The van der Waals surface area contributed by atoms with Gasteiger partial charge < -0.3 is 9.30 Å². The number of nitrogens with zero attached hydrogens (tertiary/aromatic N) is 1. The average Bonchev–Trinajstić information content (AvgIpc) is 2.53. The lowest BCUT2D eigenvalue weighted by Crippen LogP contribution is -2.25. The summed E-state index contributed by atoms with van der Waals surface area (Å²) in [6.45, 7) is 1.23. The van der Waals surface area contributed by atoms with Gasteiger partial charge in [0.25, 0.3) is 12.0 Å². The molecule has 0 aliphatic heterocycles. The molecule has 0 bridgehead atoms. The maximum absolute atomic E-state index is 12.8. The first-order valence-electron chi connectivity index (χ1n) is 6.94. The fraction of sp³-hybridized carbons (Fsp3) is 0.235. The van der Waals surface area contributed by atoms with E-state index in [2.05, 4.69) is 27.8 Å². The van der Waals surface area contributed by atoms with Gasteiger partial charge in [-0.15, -0.1) is 5.92 Å². The Hall–Kier alpha value is -1.84. The smallest absolute Gasteiger partial charge is 0.269 e. The second-order valence-electron chi connectivity index (χ2n) is 4.73. The molecule has 0 aliphatic carbocycles. The highest BCUT2D eigenvalue weighted by atomic mass is 79.9. The summed E-state index contributed by atoms with van der Waals surface area (Å²) in [5, 5.41) is -0.103. The van der Waals surface area contributed by atoms with Crippen molar-refractivity contribution >= 4 is 27.5 Å². The van der Waals surface area contributed by atoms with Gasteiger partial charge in [0.15, 0.2) is 0 Å². The van der Waals surface area contributed by atoms with Crippen molar-refractivity contribution in [3.63, 3.8) is 0 Å². The molecule has 0 unspecified atom stereocenters. The predicted molar refractivity (Wildman–Crippen MR) is 93.8 cm³/mol. The van der Waals surface area contributed by atoms with E-state index in [0.717, 1.165) is 4.57 Å². The van der Waals surface area contributed by atoms with Crippen LogP contribution in [0, 0.1) is 11.8 Å². The number of halogens is 4. The summed E-state index contributed by atoms with van der Waals surface area (Å²) in [5.41, 5.74) is 0.273. The van der Waals surface area contributed by atoms with Crippen molar-refractivity contribution in [3.05, 3.63) is 50.2 Å². The van der Waals surface area contributed by atoms with E-state index in [-0.39, 0.29) is 11.6 Å². The van der Waals surface area contributed by atoms with Gasteiger partial charge in [0.2, 0.25) is 0 Å². The second kappa shape index (κ2) is 8.32. The van der Waals surface area contributed by atoms with Crippen molar-refractivity contribution in [1.29, 1.82) is 0 Å². The zero-order chi connectivity index (χ0) is 17.7. The summed E-state index contributed by atoms with van der Waals surface area (Å²) >= 11 is 9.15. The molecule has 0 spiro atoms. The van der Waals surface area contributed by atoms with Crippen molar-refractivity contribution in [3.8, 4) is 28.8 Å². The second-order valence-corrected chi connectivity index (χ2v) is 5.99. The molecule has 126 valence electrons. The number of rotatable bonds is 5. The Morgan fingerprint density at radius 1 is 1.33 bits per heavy atom. The van der Waals surface area contributed by atoms with E-state index in [1.807, 2.05) is 0 Å². The van der Waals surface area contributed by atoms with Crippen LogP contribution in [-0.2, 0) is 6.54 Å². The van der Waals surface area contributed by atoms with Crippen LogP contribution in [0.3, 0.4) is 0 Å². The van der Waals surface area contributed by atoms with Gasteiger partial charge in [0.05, 0.1) is 12.2 Å². The first-order valence-corrected chi connectivity index (χ1v) is 8.11. The lowest BCUT2D eigenvalue weighted by atomic mass is 10.1. The minimum absolute atomic E-state index is 0.103. The molecule has 0 radical (unpaired) electrons. The molecule has 0 saturated heterocycles. The Morgan fingerprint density at radius 2 is 2.08 bits per heavy atom. The third kappa shape index (κ3) is 4.37. The van der Waals surface area contributed by atoms with E-state index in [1.54, 1.807) is 25.1 Å². The lowest BCUT2D eigenvalue weighted by Gasteiger charge is -2.15. The number of pyridine rings is 1. The Morgan fingerprint density at radius 3 is 2.71 bits per heavy atom. The highest BCUT2D eigenvalue weighted by Gasteiger charge is 2.16. The maximum atomic E-state index is 12.8. The van der Waals surface area contributed by atoms with Gasteiger partial charge in [-0.2, -0.15) is 0 Å². The topological polar surface area (TPSA) is 31.2 Å². The minimum Gasteiger partial charge on any atom is -0.481 e. The van der Waals surface area contributed by atoms with E-state index in [4.69, 9.17) is 16.3 Å². The lowest BCUT2D eigenvalue weighted by molar-refractivity contribution is 0.126. The largest absolute Gasteiger partial charge is 0.481 e. The molecule has 0 N–H and O–H groups in total. The van der Waals surface area contributed by atoms with Crippen LogP contribution in [0.5, 0.6) is 5.75 Å². The van der Waals surface area contributed by atoms with E-state index in [0.29, 0.717) is 21.5 Å². The minimum atomic E-state index is -2.67. The zero-order valence-corrected chi connectivity index (χ0v) is 15.0. The molecule has 0 aliphatic rings. The van der Waals surface area contributed by atoms with E-state index in [1.165, 1.54) is 12.1 Å². The number of ether oxygens (including phenoxy) is 1. The predicted octanol–water partition coefficient (Wildman–Crippen LogP) is 4.60. The summed E-state index contributed by atoms with van der Waals surface area (Å²) in [4.78, 5) is 12.1. The standard InChI is InChI=1S/C17H13BrClF2NO2/c1-2-3-8-24-11-4-5-12(13(18)9-11)15-7-6-14(19)17(23)22(15)10-16(20)21/h4-7,9,16H,8,10H2,1H3. The van der Waals surface area contributed by atoms with Gasteiger partial charge >= 0.3 is 0 Å². The quantitative estimate of drug-likeness (QED) is 0.667. The van der Waals surface area contributed by atoms with Crippen LogP contribution < -0.4 is 10.3 Å². The van der Waals surface area contributed by atoms with E-state index >= 15 is 0 Å². The Labute approximate surface area is 151 Å². The summed E-state index contributed by atoms with van der Waals surface area (Å²) in [7, 11) is 0. The number of hydrogen-bond donors (Lipinski definition) is 0. The highest BCUT2D eigenvalue weighted by Crippen LogP contribution is 2.31. The van der Waals surface area contributed by atoms with Gasteiger partial charge in [-0.3, -0.25) is 4.79 Å². The molecule has 0 fully saturated rings. The molecule has 3 nitrogen and oxygen atoms in total. The van der Waals surface area contributed by atoms with Crippen LogP contribution >= 0.6 is 27.5 Å². The van der Waals surface area contributed by atoms with Crippen LogP contribution in [0.2, 0.25) is 5.02 Å². The van der Waals surface area contributed by atoms with Crippen molar-refractivity contribution in [2.45, 2.75) is 19.9 Å². The van der Waals surface area contributed by atoms with Crippen LogP contribution in [-0.4, -0.2) is 17.6 Å². The number of hydrogen-bond acceptors (Lipinski definition) is 2. The summed E-state index contributed by atoms with van der Waals surface area (Å²) in [6, 6.07) is 8.00. The molecular weight excluding hydrogens is 404 g/mol. The van der Waals surface area contributed by atoms with Crippen LogP contribution in [0.15, 0.2) is 39.6 Å². The van der Waals surface area contributed by atoms with E-state index in [9.17, 15) is 13.6 Å². The molecule has 24 heavy (non-hydrogen) atoms. The first-order chi connectivity index (χ1) is 11.4. The third-order valence-electron chi connectivity index (χ3n) is 3.15. The SMILES string of the molecule is CC#CCOc1ccc(-c2ccc(Cl)c(=O)n2CC(F)F)c(Br)c1. The monoisotopic (exact) mass is 415 g/mol. The summed E-state index contributed by atoms with van der Waals surface area (Å²) in [5.74, 6) is 6.07. The molecule has 2 aromatic rings. The molecule has 0 amide bonds. The van der Waals surface area contributed by atoms with Gasteiger partial charge in [-0.05, 0) is 53.2 Å². The molecule has 0 atom stereocenters. The van der Waals surface area contributed by atoms with Gasteiger partial charge in [-0.1, -0.05) is 17.5 Å². The maximum Gasteiger partial charge on any atom is 0.269 e. The first kappa shape index (κ1) is 18.5. The molecular formula is C17H13BrClF2NO2.